The molecule has 0 bridgehead atoms. The van der Waals surface area contributed by atoms with E-state index >= 15 is 0 Å². The average molecular weight is 349 g/mol. The molecule has 0 radical (unpaired) electrons. The molecular weight excluding hydrogens is 332 g/mol. The number of nitrogens with one attached hydrogen (secondary N) is 2. The molecule has 1 atom stereocenters. The van der Waals surface area contributed by atoms with Gasteiger partial charge in [0.25, 0.3) is 5.91 Å². The van der Waals surface area contributed by atoms with Crippen molar-refractivity contribution < 1.29 is 9.63 Å². The molecule has 0 spiro atoms. The molecule has 0 saturated heterocycles. The van der Waals surface area contributed by atoms with Gasteiger partial charge in [0, 0.05) is 0 Å². The van der Waals surface area contributed by atoms with Crippen molar-refractivity contribution in [2.45, 2.75) is 19.4 Å². The monoisotopic (exact) mass is 348 g/mol. The summed E-state index contributed by atoms with van der Waals surface area (Å²) in [6.07, 6.45) is 1.99. The maximum Gasteiger partial charge on any atom is 0.261 e. The number of thiophene rings is 1. The van der Waals surface area contributed by atoms with Crippen LogP contribution in [-0.2, 0) is 4.84 Å². The lowest BCUT2D eigenvalue weighted by molar-refractivity contribution is -0.0194. The zero-order valence-corrected chi connectivity index (χ0v) is 14.4. The SMILES string of the molecule is Cc1ccc(C2=CC(C)(CNC(=O)c3ccc(Cl)s3)ON2)cc1. The highest BCUT2D eigenvalue weighted by molar-refractivity contribution is 7.17. The summed E-state index contributed by atoms with van der Waals surface area (Å²) in [6.45, 7) is 4.33. The maximum atomic E-state index is 12.1. The number of hydroxylamine groups is 1. The Kier molecular flexibility index (Phi) is 4.43. The molecule has 1 aliphatic rings. The predicted molar refractivity (Wildman–Crippen MR) is 93.4 cm³/mol. The summed E-state index contributed by atoms with van der Waals surface area (Å²) in [5.74, 6) is -0.149. The van der Waals surface area contributed by atoms with Crippen LogP contribution in [0.15, 0.2) is 42.5 Å². The van der Waals surface area contributed by atoms with Gasteiger partial charge in [-0.15, -0.1) is 11.3 Å². The van der Waals surface area contributed by atoms with Crippen molar-refractivity contribution in [1.29, 1.82) is 0 Å². The minimum Gasteiger partial charge on any atom is -0.348 e. The summed E-state index contributed by atoms with van der Waals surface area (Å²) >= 11 is 7.11. The number of amides is 1. The Bertz CT molecular complexity index is 754. The second-order valence-corrected chi connectivity index (χ2v) is 7.44. The van der Waals surface area contributed by atoms with E-state index in [0.717, 1.165) is 11.3 Å². The van der Waals surface area contributed by atoms with Crippen LogP contribution in [0.1, 0.15) is 27.7 Å². The van der Waals surface area contributed by atoms with Gasteiger partial charge in [0.15, 0.2) is 0 Å². The zero-order chi connectivity index (χ0) is 16.4. The minimum absolute atomic E-state index is 0.149. The fraction of sp³-hybridized carbons (Fsp3) is 0.235. The van der Waals surface area contributed by atoms with Crippen LogP contribution in [-0.4, -0.2) is 18.1 Å². The molecule has 1 aromatic heterocycles. The molecule has 23 heavy (non-hydrogen) atoms. The minimum atomic E-state index is -0.600. The molecule has 3 rings (SSSR count). The van der Waals surface area contributed by atoms with E-state index in [1.807, 2.05) is 32.1 Å². The smallest absolute Gasteiger partial charge is 0.261 e. The summed E-state index contributed by atoms with van der Waals surface area (Å²) in [5, 5.41) is 2.88. The molecular formula is C17H17ClN2O2S. The van der Waals surface area contributed by atoms with Gasteiger partial charge >= 0.3 is 0 Å². The molecule has 0 aliphatic carbocycles. The highest BCUT2D eigenvalue weighted by atomic mass is 35.5. The summed E-state index contributed by atoms with van der Waals surface area (Å²) < 4.78 is 0.599. The predicted octanol–water partition coefficient (Wildman–Crippen LogP) is 3.77. The van der Waals surface area contributed by atoms with Crippen LogP contribution in [0.3, 0.4) is 0 Å². The third-order valence-corrected chi connectivity index (χ3v) is 4.83. The largest absolute Gasteiger partial charge is 0.348 e. The average Bonchev–Trinajstić information content (AvgIpc) is 3.13. The van der Waals surface area contributed by atoms with Crippen LogP contribution in [0, 0.1) is 6.92 Å². The van der Waals surface area contributed by atoms with Crippen molar-refractivity contribution in [2.75, 3.05) is 6.54 Å². The lowest BCUT2D eigenvalue weighted by Crippen LogP contribution is -2.40. The molecule has 6 heteroatoms. The van der Waals surface area contributed by atoms with E-state index in [4.69, 9.17) is 16.4 Å². The number of hydrogen-bond acceptors (Lipinski definition) is 4. The Morgan fingerprint density at radius 3 is 2.70 bits per heavy atom. The molecule has 1 aliphatic heterocycles. The van der Waals surface area contributed by atoms with E-state index in [1.165, 1.54) is 16.9 Å². The molecule has 1 unspecified atom stereocenters. The fourth-order valence-corrected chi connectivity index (χ4v) is 3.24. The topological polar surface area (TPSA) is 50.4 Å². The third-order valence-electron chi connectivity index (χ3n) is 3.60. The molecule has 0 saturated carbocycles. The van der Waals surface area contributed by atoms with E-state index in [1.54, 1.807) is 12.1 Å². The van der Waals surface area contributed by atoms with Gasteiger partial charge in [0.05, 0.1) is 21.5 Å². The number of rotatable bonds is 4. The molecule has 1 aromatic carbocycles. The van der Waals surface area contributed by atoms with Gasteiger partial charge in [-0.25, -0.2) is 0 Å². The van der Waals surface area contributed by atoms with Crippen molar-refractivity contribution >= 4 is 34.5 Å². The highest BCUT2D eigenvalue weighted by Crippen LogP contribution is 2.26. The summed E-state index contributed by atoms with van der Waals surface area (Å²) in [6, 6.07) is 11.6. The Hall–Kier alpha value is -1.82. The number of hydrogen-bond donors (Lipinski definition) is 2. The fourth-order valence-electron chi connectivity index (χ4n) is 2.28. The van der Waals surface area contributed by atoms with Crippen molar-refractivity contribution in [3.63, 3.8) is 0 Å². The quantitative estimate of drug-likeness (QED) is 0.884. The standard InChI is InChI=1S/C17H17ClN2O2S/c1-11-3-5-12(6-4-11)13-9-17(2,22-20-13)10-19-16(21)14-7-8-15(18)23-14/h3-9,20H,10H2,1-2H3,(H,19,21). The molecule has 0 fully saturated rings. The first-order valence-electron chi connectivity index (χ1n) is 7.23. The van der Waals surface area contributed by atoms with Gasteiger partial charge in [0.2, 0.25) is 0 Å². The maximum absolute atomic E-state index is 12.1. The lowest BCUT2D eigenvalue weighted by Gasteiger charge is -2.20. The van der Waals surface area contributed by atoms with Crippen LogP contribution < -0.4 is 10.8 Å². The summed E-state index contributed by atoms with van der Waals surface area (Å²) in [7, 11) is 0. The molecule has 2 aromatic rings. The third kappa shape index (κ3) is 3.75. The van der Waals surface area contributed by atoms with E-state index in [0.29, 0.717) is 15.8 Å². The number of carbonyl (C=O) groups excluding carboxylic acids is 1. The van der Waals surface area contributed by atoms with Gasteiger partial charge in [-0.2, -0.15) is 0 Å². The van der Waals surface area contributed by atoms with Crippen molar-refractivity contribution in [1.82, 2.24) is 10.8 Å². The second-order valence-electron chi connectivity index (χ2n) is 5.73. The molecule has 2 heterocycles. The molecule has 4 nitrogen and oxygen atoms in total. The van der Waals surface area contributed by atoms with E-state index in [2.05, 4.69) is 22.9 Å². The van der Waals surface area contributed by atoms with Crippen LogP contribution in [0.4, 0.5) is 0 Å². The normalized spacial score (nSPS) is 20.0. The Labute approximate surface area is 144 Å². The summed E-state index contributed by atoms with van der Waals surface area (Å²) in [5.41, 5.74) is 5.50. The van der Waals surface area contributed by atoms with Crippen molar-refractivity contribution in [3.8, 4) is 0 Å². The second kappa shape index (κ2) is 6.35. The van der Waals surface area contributed by atoms with Gasteiger partial charge in [-0.05, 0) is 37.6 Å². The Morgan fingerprint density at radius 1 is 1.30 bits per heavy atom. The first-order valence-corrected chi connectivity index (χ1v) is 8.42. The number of aryl methyl sites for hydroxylation is 1. The van der Waals surface area contributed by atoms with Gasteiger partial charge in [-0.3, -0.25) is 15.1 Å². The van der Waals surface area contributed by atoms with E-state index in [9.17, 15) is 4.79 Å². The van der Waals surface area contributed by atoms with Crippen molar-refractivity contribution in [3.05, 3.63) is 62.8 Å². The Morgan fingerprint density at radius 2 is 2.04 bits per heavy atom. The van der Waals surface area contributed by atoms with E-state index in [-0.39, 0.29) is 5.91 Å². The zero-order valence-electron chi connectivity index (χ0n) is 12.9. The number of halogens is 1. The van der Waals surface area contributed by atoms with Crippen LogP contribution in [0.2, 0.25) is 4.34 Å². The molecule has 2 N–H and O–H groups in total. The van der Waals surface area contributed by atoms with Crippen LogP contribution in [0.25, 0.3) is 5.70 Å². The van der Waals surface area contributed by atoms with Gasteiger partial charge in [-0.1, -0.05) is 41.4 Å². The molecule has 1 amide bonds. The van der Waals surface area contributed by atoms with Crippen LogP contribution in [0.5, 0.6) is 0 Å². The lowest BCUT2D eigenvalue weighted by atomic mass is 10.0. The number of carbonyl (C=O) groups is 1. The van der Waals surface area contributed by atoms with Crippen molar-refractivity contribution in [2.24, 2.45) is 0 Å². The first kappa shape index (κ1) is 16.1. The first-order chi connectivity index (χ1) is 11.0. The number of benzene rings is 1. The van der Waals surface area contributed by atoms with E-state index < -0.39 is 5.60 Å². The Balaban J connectivity index is 1.66. The summed E-state index contributed by atoms with van der Waals surface area (Å²) in [4.78, 5) is 18.3. The van der Waals surface area contributed by atoms with Gasteiger partial charge < -0.3 is 5.32 Å². The highest BCUT2D eigenvalue weighted by Gasteiger charge is 2.31. The van der Waals surface area contributed by atoms with Crippen LogP contribution >= 0.6 is 22.9 Å². The van der Waals surface area contributed by atoms with Gasteiger partial charge in [0.1, 0.15) is 5.60 Å². The molecule has 120 valence electrons.